The molecule has 3 aromatic carbocycles. The predicted molar refractivity (Wildman–Crippen MR) is 138 cm³/mol. The molecule has 0 aliphatic carbocycles. The maximum Gasteiger partial charge on any atom is 0.203 e. The van der Waals surface area contributed by atoms with Gasteiger partial charge >= 0.3 is 0 Å². The lowest BCUT2D eigenvalue weighted by Crippen LogP contribution is -1.98. The number of methoxy groups -OCH3 is 5. The van der Waals surface area contributed by atoms with Crippen LogP contribution in [0.5, 0.6) is 28.7 Å². The number of nitrogens with one attached hydrogen (secondary N) is 1. The highest BCUT2D eigenvalue weighted by Crippen LogP contribution is 2.38. The van der Waals surface area contributed by atoms with E-state index in [2.05, 4.69) is 5.32 Å². The van der Waals surface area contributed by atoms with E-state index in [4.69, 9.17) is 23.7 Å². The number of rotatable bonds is 11. The molecule has 0 fully saturated rings. The van der Waals surface area contributed by atoms with Crippen molar-refractivity contribution >= 4 is 23.6 Å². The van der Waals surface area contributed by atoms with Crippen LogP contribution in [0, 0.1) is 0 Å². The van der Waals surface area contributed by atoms with Gasteiger partial charge in [-0.25, -0.2) is 0 Å². The number of hydrogen-bond acceptors (Lipinski definition) is 7. The smallest absolute Gasteiger partial charge is 0.203 e. The number of benzene rings is 3. The molecule has 35 heavy (non-hydrogen) atoms. The molecule has 0 radical (unpaired) electrons. The fraction of sp³-hybridized carbons (Fsp3) is 0.179. The zero-order chi connectivity index (χ0) is 25.2. The molecular weight excluding hydrogens is 446 g/mol. The van der Waals surface area contributed by atoms with Crippen LogP contribution in [0.2, 0.25) is 0 Å². The molecule has 3 rings (SSSR count). The van der Waals surface area contributed by atoms with Gasteiger partial charge in [0.05, 0.1) is 35.5 Å². The van der Waals surface area contributed by atoms with E-state index in [-0.39, 0.29) is 5.78 Å². The van der Waals surface area contributed by atoms with Gasteiger partial charge in [0.2, 0.25) is 5.75 Å². The van der Waals surface area contributed by atoms with Gasteiger partial charge in [0, 0.05) is 23.5 Å². The number of carbonyl (C=O) groups is 1. The fourth-order valence-electron chi connectivity index (χ4n) is 3.42. The number of allylic oxidation sites excluding steroid dienone is 1. The third-order valence-electron chi connectivity index (χ3n) is 5.19. The van der Waals surface area contributed by atoms with E-state index in [1.54, 1.807) is 52.8 Å². The van der Waals surface area contributed by atoms with Gasteiger partial charge in [-0.3, -0.25) is 4.79 Å². The van der Waals surface area contributed by atoms with Gasteiger partial charge in [-0.2, -0.15) is 0 Å². The SMILES string of the molecule is COc1ccc(C(=O)/C=C\Nc2cccc(/C=C\c3cc(OC)c(OC)c(OC)c3)c2)cc1OC. The summed E-state index contributed by atoms with van der Waals surface area (Å²) in [5.41, 5.74) is 3.22. The van der Waals surface area contributed by atoms with E-state index in [1.807, 2.05) is 48.6 Å². The van der Waals surface area contributed by atoms with Crippen molar-refractivity contribution in [2.24, 2.45) is 0 Å². The Morgan fingerprint density at radius 2 is 1.34 bits per heavy atom. The van der Waals surface area contributed by atoms with Gasteiger partial charge < -0.3 is 29.0 Å². The summed E-state index contributed by atoms with van der Waals surface area (Å²) < 4.78 is 26.7. The largest absolute Gasteiger partial charge is 0.493 e. The second kappa shape index (κ2) is 12.2. The van der Waals surface area contributed by atoms with E-state index in [9.17, 15) is 4.79 Å². The molecular formula is C28H29NO6. The molecule has 7 heteroatoms. The van der Waals surface area contributed by atoms with Gasteiger partial charge in [0.25, 0.3) is 0 Å². The Labute approximate surface area is 205 Å². The van der Waals surface area contributed by atoms with Crippen LogP contribution in [0.4, 0.5) is 5.69 Å². The van der Waals surface area contributed by atoms with Crippen molar-refractivity contribution in [3.05, 3.63) is 83.6 Å². The van der Waals surface area contributed by atoms with Crippen molar-refractivity contribution < 1.29 is 28.5 Å². The van der Waals surface area contributed by atoms with Crippen molar-refractivity contribution in [1.29, 1.82) is 0 Å². The maximum atomic E-state index is 12.5. The molecule has 0 aliphatic rings. The van der Waals surface area contributed by atoms with Crippen molar-refractivity contribution in [3.8, 4) is 28.7 Å². The highest BCUT2D eigenvalue weighted by atomic mass is 16.5. The minimum Gasteiger partial charge on any atom is -0.493 e. The Morgan fingerprint density at radius 3 is 1.97 bits per heavy atom. The quantitative estimate of drug-likeness (QED) is 0.216. The standard InChI is InChI=1S/C28H29NO6/c1-31-24-12-11-21(18-25(24)32-2)23(30)13-14-29-22-8-6-7-19(15-22)9-10-20-16-26(33-3)28(35-5)27(17-20)34-4/h6-18,29H,1-5H3/b10-9-,14-13-. The molecule has 0 amide bonds. The molecule has 0 aliphatic heterocycles. The Hall–Kier alpha value is -4.39. The number of ketones is 1. The third kappa shape index (κ3) is 6.35. The molecule has 0 saturated heterocycles. The first-order valence-corrected chi connectivity index (χ1v) is 10.8. The van der Waals surface area contributed by atoms with Crippen LogP contribution in [0.15, 0.2) is 66.9 Å². The van der Waals surface area contributed by atoms with Gasteiger partial charge in [-0.1, -0.05) is 24.3 Å². The zero-order valence-corrected chi connectivity index (χ0v) is 20.5. The molecule has 7 nitrogen and oxygen atoms in total. The lowest BCUT2D eigenvalue weighted by molar-refractivity contribution is 0.104. The van der Waals surface area contributed by atoms with Crippen molar-refractivity contribution in [2.75, 3.05) is 40.9 Å². The van der Waals surface area contributed by atoms with Crippen LogP contribution in [-0.4, -0.2) is 41.3 Å². The van der Waals surface area contributed by atoms with Crippen LogP contribution >= 0.6 is 0 Å². The highest BCUT2D eigenvalue weighted by molar-refractivity contribution is 6.05. The summed E-state index contributed by atoms with van der Waals surface area (Å²) >= 11 is 0. The van der Waals surface area contributed by atoms with Gasteiger partial charge in [-0.05, 0) is 53.6 Å². The summed E-state index contributed by atoms with van der Waals surface area (Å²) in [4.78, 5) is 12.5. The van der Waals surface area contributed by atoms with Crippen molar-refractivity contribution in [2.45, 2.75) is 0 Å². The van der Waals surface area contributed by atoms with Crippen LogP contribution in [0.3, 0.4) is 0 Å². The average Bonchev–Trinajstić information content (AvgIpc) is 2.90. The summed E-state index contributed by atoms with van der Waals surface area (Å²) in [6, 6.07) is 16.6. The molecule has 0 aromatic heterocycles. The first-order valence-electron chi connectivity index (χ1n) is 10.8. The maximum absolute atomic E-state index is 12.5. The number of hydrogen-bond donors (Lipinski definition) is 1. The van der Waals surface area contributed by atoms with Crippen LogP contribution in [0.25, 0.3) is 12.2 Å². The molecule has 3 aromatic rings. The normalized spacial score (nSPS) is 10.9. The van der Waals surface area contributed by atoms with Crippen LogP contribution in [-0.2, 0) is 0 Å². The van der Waals surface area contributed by atoms with Crippen molar-refractivity contribution in [3.63, 3.8) is 0 Å². The summed E-state index contributed by atoms with van der Waals surface area (Å²) in [6.45, 7) is 0. The van der Waals surface area contributed by atoms with E-state index in [0.29, 0.717) is 34.3 Å². The summed E-state index contributed by atoms with van der Waals surface area (Å²) in [6.07, 6.45) is 7.02. The van der Waals surface area contributed by atoms with Crippen LogP contribution < -0.4 is 29.0 Å². The van der Waals surface area contributed by atoms with E-state index in [0.717, 1.165) is 16.8 Å². The lowest BCUT2D eigenvalue weighted by Gasteiger charge is -2.12. The number of ether oxygens (including phenoxy) is 5. The molecule has 182 valence electrons. The van der Waals surface area contributed by atoms with Gasteiger partial charge in [-0.15, -0.1) is 0 Å². The molecule has 0 saturated carbocycles. The molecule has 0 bridgehead atoms. The van der Waals surface area contributed by atoms with Crippen LogP contribution in [0.1, 0.15) is 21.5 Å². The minimum absolute atomic E-state index is 0.156. The van der Waals surface area contributed by atoms with E-state index >= 15 is 0 Å². The summed E-state index contributed by atoms with van der Waals surface area (Å²) in [5, 5.41) is 3.14. The Morgan fingerprint density at radius 1 is 0.686 bits per heavy atom. The topological polar surface area (TPSA) is 75.3 Å². The number of carbonyl (C=O) groups excluding carboxylic acids is 1. The van der Waals surface area contributed by atoms with Gasteiger partial charge in [0.1, 0.15) is 0 Å². The summed E-state index contributed by atoms with van der Waals surface area (Å²) in [5.74, 6) is 2.65. The molecule has 0 heterocycles. The van der Waals surface area contributed by atoms with E-state index < -0.39 is 0 Å². The Kier molecular flexibility index (Phi) is 8.78. The molecule has 0 atom stereocenters. The first kappa shape index (κ1) is 25.2. The van der Waals surface area contributed by atoms with E-state index in [1.165, 1.54) is 13.2 Å². The Bertz CT molecular complexity index is 1210. The summed E-state index contributed by atoms with van der Waals surface area (Å²) in [7, 11) is 7.83. The third-order valence-corrected chi connectivity index (χ3v) is 5.19. The zero-order valence-electron chi connectivity index (χ0n) is 20.5. The van der Waals surface area contributed by atoms with Crippen molar-refractivity contribution in [1.82, 2.24) is 0 Å². The second-order valence-electron chi connectivity index (χ2n) is 7.33. The molecule has 0 spiro atoms. The lowest BCUT2D eigenvalue weighted by atomic mass is 10.1. The Balaban J connectivity index is 1.70. The fourth-order valence-corrected chi connectivity index (χ4v) is 3.42. The first-order chi connectivity index (χ1) is 17.0. The molecule has 0 unspecified atom stereocenters. The average molecular weight is 476 g/mol. The monoisotopic (exact) mass is 475 g/mol. The highest BCUT2D eigenvalue weighted by Gasteiger charge is 2.12. The molecule has 1 N–H and O–H groups in total. The predicted octanol–water partition coefficient (Wildman–Crippen LogP) is 5.71. The van der Waals surface area contributed by atoms with Gasteiger partial charge in [0.15, 0.2) is 28.8 Å². The second-order valence-corrected chi connectivity index (χ2v) is 7.33. The minimum atomic E-state index is -0.156. The number of anilines is 1.